The number of ether oxygens (including phenoxy) is 1. The number of halogens is 2. The van der Waals surface area contributed by atoms with Crippen LogP contribution in [0.15, 0.2) is 59.6 Å². The largest absolute Gasteiger partial charge is 0.444 e. The lowest BCUT2D eigenvalue weighted by atomic mass is 10.2. The van der Waals surface area contributed by atoms with E-state index >= 15 is 0 Å². The molecule has 218 valence electrons. The van der Waals surface area contributed by atoms with E-state index in [1.165, 1.54) is 18.2 Å². The monoisotopic (exact) mass is 627 g/mol. The van der Waals surface area contributed by atoms with E-state index < -0.39 is 15.6 Å². The van der Waals surface area contributed by atoms with Gasteiger partial charge in [-0.2, -0.15) is 5.26 Å². The summed E-state index contributed by atoms with van der Waals surface area (Å²) >= 11 is 12.0. The van der Waals surface area contributed by atoms with Gasteiger partial charge < -0.3 is 14.5 Å². The number of amides is 1. The molecule has 0 spiro atoms. The lowest BCUT2D eigenvalue weighted by Gasteiger charge is -2.36. The molecular formula is C28H27Cl2N7O4S. The summed E-state index contributed by atoms with van der Waals surface area (Å²) in [6, 6.07) is 14.8. The molecule has 1 amide bonds. The smallest absolute Gasteiger partial charge is 0.410 e. The number of piperazine rings is 1. The van der Waals surface area contributed by atoms with E-state index in [9.17, 15) is 18.5 Å². The molecule has 1 N–H and O–H groups in total. The topological polar surface area (TPSA) is 133 Å². The number of nitrogens with one attached hydrogen (secondary N) is 1. The summed E-state index contributed by atoms with van der Waals surface area (Å²) in [5.41, 5.74) is 0.785. The summed E-state index contributed by atoms with van der Waals surface area (Å²) in [6.07, 6.45) is 1.38. The van der Waals surface area contributed by atoms with E-state index in [1.807, 2.05) is 25.7 Å². The maximum absolute atomic E-state index is 12.9. The van der Waals surface area contributed by atoms with Crippen LogP contribution >= 0.6 is 23.2 Å². The average molecular weight is 629 g/mol. The number of benzene rings is 2. The minimum absolute atomic E-state index is 0.0575. The molecule has 0 aliphatic carbocycles. The van der Waals surface area contributed by atoms with Crippen molar-refractivity contribution >= 4 is 61.7 Å². The van der Waals surface area contributed by atoms with Crippen LogP contribution in [0.25, 0.3) is 16.7 Å². The maximum Gasteiger partial charge on any atom is 0.410 e. The standard InChI is InChI=1S/C28H27Cl2N7O4S/c1-28(2,3)41-27(38)36-10-8-35(9-11-36)25-13-19(17-31)26(33-32-25)37-7-6-18-12-22(4-5-24(18)37)34-42(39,40)23-15-20(29)14-21(30)16-23/h4-7,12-16,34H,8-11H2,1-3H3. The van der Waals surface area contributed by atoms with E-state index in [2.05, 4.69) is 21.0 Å². The quantitative estimate of drug-likeness (QED) is 0.308. The summed E-state index contributed by atoms with van der Waals surface area (Å²) in [4.78, 5) is 16.0. The van der Waals surface area contributed by atoms with Crippen LogP contribution < -0.4 is 9.62 Å². The molecule has 42 heavy (non-hydrogen) atoms. The lowest BCUT2D eigenvalue weighted by molar-refractivity contribution is 0.0240. The third-order valence-corrected chi connectivity index (χ3v) is 8.25. The molecule has 2 aromatic carbocycles. The average Bonchev–Trinajstić information content (AvgIpc) is 3.34. The molecule has 11 nitrogen and oxygen atoms in total. The Balaban J connectivity index is 1.34. The number of hydrogen-bond donors (Lipinski definition) is 1. The van der Waals surface area contributed by atoms with Crippen molar-refractivity contribution in [3.8, 4) is 11.9 Å². The summed E-state index contributed by atoms with van der Waals surface area (Å²) in [5.74, 6) is 0.874. The molecule has 3 heterocycles. The number of aromatic nitrogens is 3. The summed E-state index contributed by atoms with van der Waals surface area (Å²) < 4.78 is 35.5. The molecule has 1 aliphatic rings. The van der Waals surface area contributed by atoms with E-state index in [1.54, 1.807) is 46.0 Å². The van der Waals surface area contributed by atoms with Gasteiger partial charge in [0.25, 0.3) is 10.0 Å². The van der Waals surface area contributed by atoms with Crippen molar-refractivity contribution in [2.75, 3.05) is 35.8 Å². The van der Waals surface area contributed by atoms with Gasteiger partial charge in [0.05, 0.1) is 10.4 Å². The third kappa shape index (κ3) is 6.38. The van der Waals surface area contributed by atoms with Crippen LogP contribution in [-0.2, 0) is 14.8 Å². The molecule has 1 aliphatic heterocycles. The number of nitrogens with zero attached hydrogens (tertiary/aromatic N) is 6. The first kappa shape index (κ1) is 29.4. The number of carbonyl (C=O) groups excluding carboxylic acids is 1. The van der Waals surface area contributed by atoms with E-state index in [-0.39, 0.29) is 21.0 Å². The Kier molecular flexibility index (Phi) is 7.94. The van der Waals surface area contributed by atoms with Crippen molar-refractivity contribution in [2.45, 2.75) is 31.3 Å². The first-order valence-corrected chi connectivity index (χ1v) is 15.2. The predicted molar refractivity (Wildman–Crippen MR) is 161 cm³/mol. The van der Waals surface area contributed by atoms with Gasteiger partial charge in [0.2, 0.25) is 0 Å². The normalized spacial score (nSPS) is 14.1. The molecular weight excluding hydrogens is 601 g/mol. The molecule has 0 saturated carbocycles. The minimum Gasteiger partial charge on any atom is -0.444 e. The van der Waals surface area contributed by atoms with Gasteiger partial charge >= 0.3 is 6.09 Å². The Hall–Kier alpha value is -4.05. The molecule has 5 rings (SSSR count). The molecule has 2 aromatic heterocycles. The number of fused-ring (bicyclic) bond motifs is 1. The first-order chi connectivity index (χ1) is 19.8. The lowest BCUT2D eigenvalue weighted by Crippen LogP contribution is -2.50. The highest BCUT2D eigenvalue weighted by atomic mass is 35.5. The number of anilines is 2. The summed E-state index contributed by atoms with van der Waals surface area (Å²) in [7, 11) is -3.94. The van der Waals surface area contributed by atoms with Gasteiger partial charge in [0.1, 0.15) is 17.2 Å². The second-order valence-corrected chi connectivity index (χ2v) is 13.2. The Morgan fingerprint density at radius 3 is 2.33 bits per heavy atom. The van der Waals surface area contributed by atoms with Crippen molar-refractivity contribution in [1.82, 2.24) is 19.7 Å². The van der Waals surface area contributed by atoms with Gasteiger partial charge in [-0.15, -0.1) is 10.2 Å². The van der Waals surface area contributed by atoms with Crippen molar-refractivity contribution in [3.63, 3.8) is 0 Å². The van der Waals surface area contributed by atoms with Crippen molar-refractivity contribution in [2.24, 2.45) is 0 Å². The first-order valence-electron chi connectivity index (χ1n) is 12.9. The van der Waals surface area contributed by atoms with Crippen LogP contribution in [0.2, 0.25) is 10.0 Å². The van der Waals surface area contributed by atoms with Crippen LogP contribution in [0, 0.1) is 11.3 Å². The van der Waals surface area contributed by atoms with Gasteiger partial charge in [0, 0.05) is 59.6 Å². The van der Waals surface area contributed by atoms with Crippen LogP contribution in [-0.4, -0.2) is 66.0 Å². The van der Waals surface area contributed by atoms with Crippen molar-refractivity contribution in [1.29, 1.82) is 5.26 Å². The number of rotatable bonds is 5. The molecule has 0 atom stereocenters. The fourth-order valence-electron chi connectivity index (χ4n) is 4.52. The van der Waals surface area contributed by atoms with Crippen LogP contribution in [0.3, 0.4) is 0 Å². The fraction of sp³-hybridized carbons (Fsp3) is 0.286. The Morgan fingerprint density at radius 2 is 1.69 bits per heavy atom. The van der Waals surface area contributed by atoms with Crippen molar-refractivity contribution in [3.05, 3.63) is 70.3 Å². The summed E-state index contributed by atoms with van der Waals surface area (Å²) in [5, 5.41) is 19.8. The molecule has 0 radical (unpaired) electrons. The molecule has 14 heteroatoms. The molecule has 1 fully saturated rings. The van der Waals surface area contributed by atoms with Crippen molar-refractivity contribution < 1.29 is 17.9 Å². The van der Waals surface area contributed by atoms with Gasteiger partial charge in [0.15, 0.2) is 11.6 Å². The third-order valence-electron chi connectivity index (χ3n) is 6.45. The second kappa shape index (κ2) is 11.3. The molecule has 0 unspecified atom stereocenters. The van der Waals surface area contributed by atoms with Crippen LogP contribution in [0.4, 0.5) is 16.3 Å². The van der Waals surface area contributed by atoms with E-state index in [4.69, 9.17) is 27.9 Å². The highest BCUT2D eigenvalue weighted by Crippen LogP contribution is 2.28. The van der Waals surface area contributed by atoms with Gasteiger partial charge in [-0.1, -0.05) is 23.2 Å². The summed E-state index contributed by atoms with van der Waals surface area (Å²) in [6.45, 7) is 7.44. The number of nitriles is 1. The van der Waals surface area contributed by atoms with Gasteiger partial charge in [-0.25, -0.2) is 13.2 Å². The Morgan fingerprint density at radius 1 is 1.00 bits per heavy atom. The number of sulfonamides is 1. The number of carbonyl (C=O) groups is 1. The zero-order valence-corrected chi connectivity index (χ0v) is 25.3. The zero-order chi connectivity index (χ0) is 30.2. The highest BCUT2D eigenvalue weighted by Gasteiger charge is 2.27. The molecule has 1 saturated heterocycles. The zero-order valence-electron chi connectivity index (χ0n) is 23.0. The molecule has 4 aromatic rings. The SMILES string of the molecule is CC(C)(C)OC(=O)N1CCN(c2cc(C#N)c(-n3ccc4cc(NS(=O)(=O)c5cc(Cl)cc(Cl)c5)ccc43)nn2)CC1. The van der Waals surface area contributed by atoms with Gasteiger partial charge in [-0.3, -0.25) is 9.29 Å². The van der Waals surface area contributed by atoms with E-state index in [0.29, 0.717) is 60.0 Å². The van der Waals surface area contributed by atoms with Gasteiger partial charge in [-0.05, 0) is 63.2 Å². The maximum atomic E-state index is 12.9. The fourth-order valence-corrected chi connectivity index (χ4v) is 6.30. The number of hydrogen-bond acceptors (Lipinski definition) is 8. The minimum atomic E-state index is -3.94. The predicted octanol–water partition coefficient (Wildman–Crippen LogP) is 5.46. The Bertz CT molecular complexity index is 1800. The molecule has 0 bridgehead atoms. The second-order valence-electron chi connectivity index (χ2n) is 10.7. The van der Waals surface area contributed by atoms with Crippen LogP contribution in [0.5, 0.6) is 0 Å². The van der Waals surface area contributed by atoms with Crippen LogP contribution in [0.1, 0.15) is 26.3 Å². The highest BCUT2D eigenvalue weighted by molar-refractivity contribution is 7.92. The Labute approximate surface area is 253 Å². The van der Waals surface area contributed by atoms with E-state index in [0.717, 1.165) is 0 Å².